The molecule has 0 saturated carbocycles. The second-order valence-corrected chi connectivity index (χ2v) is 7.57. The number of rotatable bonds is 4. The standard InChI is InChI=1S/C19H20N4OS/c1-13-2-3-15-16(12-25-17(15)10-13)19(24)21-18-6-9-23(22-18)11-14-4-7-20-8-5-14/h4-9,12-13H,2-3,10-11H2,1H3,(H,21,22,24)/t13-/m0/s1. The number of nitrogens with zero attached hydrogens (tertiary/aromatic N) is 3. The van der Waals surface area contributed by atoms with Crippen LogP contribution in [0.4, 0.5) is 5.82 Å². The fourth-order valence-corrected chi connectivity index (χ4v) is 4.49. The van der Waals surface area contributed by atoms with E-state index >= 15 is 0 Å². The third kappa shape index (κ3) is 3.49. The highest BCUT2D eigenvalue weighted by molar-refractivity contribution is 7.10. The van der Waals surface area contributed by atoms with Crippen LogP contribution in [0.25, 0.3) is 0 Å². The van der Waals surface area contributed by atoms with Gasteiger partial charge in [-0.1, -0.05) is 6.92 Å². The number of thiophene rings is 1. The second kappa shape index (κ2) is 6.80. The van der Waals surface area contributed by atoms with Gasteiger partial charge in [-0.25, -0.2) is 0 Å². The Hall–Kier alpha value is -2.47. The van der Waals surface area contributed by atoms with Crippen molar-refractivity contribution < 1.29 is 4.79 Å². The number of fused-ring (bicyclic) bond motifs is 1. The quantitative estimate of drug-likeness (QED) is 0.778. The molecule has 1 aliphatic rings. The molecule has 0 spiro atoms. The Kier molecular flexibility index (Phi) is 4.36. The zero-order valence-corrected chi connectivity index (χ0v) is 14.9. The number of amides is 1. The van der Waals surface area contributed by atoms with Crippen LogP contribution < -0.4 is 5.32 Å². The van der Waals surface area contributed by atoms with Gasteiger partial charge in [-0.2, -0.15) is 5.10 Å². The normalized spacial score (nSPS) is 16.4. The van der Waals surface area contributed by atoms with Crippen LogP contribution in [0.1, 0.15) is 39.7 Å². The average Bonchev–Trinajstić information content (AvgIpc) is 3.22. The molecule has 0 radical (unpaired) electrons. The van der Waals surface area contributed by atoms with Crippen LogP contribution in [0.5, 0.6) is 0 Å². The summed E-state index contributed by atoms with van der Waals surface area (Å²) in [5.74, 6) is 1.25. The lowest BCUT2D eigenvalue weighted by atomic mass is 9.88. The van der Waals surface area contributed by atoms with Gasteiger partial charge in [-0.05, 0) is 48.4 Å². The molecule has 3 aromatic heterocycles. The zero-order valence-electron chi connectivity index (χ0n) is 14.1. The molecule has 0 aliphatic heterocycles. The highest BCUT2D eigenvalue weighted by Crippen LogP contribution is 2.33. The lowest BCUT2D eigenvalue weighted by molar-refractivity contribution is 0.102. The van der Waals surface area contributed by atoms with E-state index in [4.69, 9.17) is 0 Å². The van der Waals surface area contributed by atoms with Crippen LogP contribution in [0.3, 0.4) is 0 Å². The third-order valence-electron chi connectivity index (χ3n) is 4.62. The molecule has 5 nitrogen and oxygen atoms in total. The van der Waals surface area contributed by atoms with Gasteiger partial charge in [-0.3, -0.25) is 14.5 Å². The molecule has 1 atom stereocenters. The molecule has 4 rings (SSSR count). The van der Waals surface area contributed by atoms with Crippen LogP contribution in [0, 0.1) is 5.92 Å². The molecule has 0 fully saturated rings. The first kappa shape index (κ1) is 16.0. The summed E-state index contributed by atoms with van der Waals surface area (Å²) >= 11 is 1.71. The van der Waals surface area contributed by atoms with Crippen molar-refractivity contribution in [3.05, 3.63) is 63.7 Å². The Morgan fingerprint density at radius 1 is 1.36 bits per heavy atom. The van der Waals surface area contributed by atoms with E-state index < -0.39 is 0 Å². The molecule has 128 valence electrons. The summed E-state index contributed by atoms with van der Waals surface area (Å²) in [6, 6.07) is 5.75. The molecule has 25 heavy (non-hydrogen) atoms. The summed E-state index contributed by atoms with van der Waals surface area (Å²) in [7, 11) is 0. The molecule has 6 heteroatoms. The predicted octanol–water partition coefficient (Wildman–Crippen LogP) is 3.77. The van der Waals surface area contributed by atoms with Crippen molar-refractivity contribution in [3.63, 3.8) is 0 Å². The predicted molar refractivity (Wildman–Crippen MR) is 99.0 cm³/mol. The van der Waals surface area contributed by atoms with Crippen molar-refractivity contribution in [2.75, 3.05) is 5.32 Å². The number of pyridine rings is 1. The van der Waals surface area contributed by atoms with Gasteiger partial charge in [-0.15, -0.1) is 11.3 Å². The number of hydrogen-bond acceptors (Lipinski definition) is 4. The van der Waals surface area contributed by atoms with Gasteiger partial charge in [0.25, 0.3) is 5.91 Å². The van der Waals surface area contributed by atoms with Crippen molar-refractivity contribution in [3.8, 4) is 0 Å². The lowest BCUT2D eigenvalue weighted by Crippen LogP contribution is -2.17. The molecule has 0 aromatic carbocycles. The van der Waals surface area contributed by atoms with Crippen molar-refractivity contribution in [2.45, 2.75) is 32.7 Å². The highest BCUT2D eigenvalue weighted by Gasteiger charge is 2.23. The van der Waals surface area contributed by atoms with Crippen LogP contribution in [0.15, 0.2) is 42.2 Å². The van der Waals surface area contributed by atoms with E-state index in [9.17, 15) is 4.79 Å². The minimum atomic E-state index is -0.0544. The summed E-state index contributed by atoms with van der Waals surface area (Å²) < 4.78 is 1.82. The molecular formula is C19H20N4OS. The van der Waals surface area contributed by atoms with Gasteiger partial charge in [0.15, 0.2) is 5.82 Å². The Morgan fingerprint density at radius 3 is 3.04 bits per heavy atom. The van der Waals surface area contributed by atoms with Gasteiger partial charge >= 0.3 is 0 Å². The number of hydrogen-bond donors (Lipinski definition) is 1. The van der Waals surface area contributed by atoms with E-state index in [2.05, 4.69) is 22.3 Å². The van der Waals surface area contributed by atoms with E-state index in [1.54, 1.807) is 23.7 Å². The van der Waals surface area contributed by atoms with Crippen LogP contribution in [-0.4, -0.2) is 20.7 Å². The Balaban J connectivity index is 1.45. The first-order valence-corrected chi connectivity index (χ1v) is 9.40. The van der Waals surface area contributed by atoms with Gasteiger partial charge < -0.3 is 5.32 Å². The molecule has 3 aromatic rings. The molecule has 0 saturated heterocycles. The molecule has 1 N–H and O–H groups in total. The van der Waals surface area contributed by atoms with Crippen molar-refractivity contribution >= 4 is 23.1 Å². The van der Waals surface area contributed by atoms with Crippen molar-refractivity contribution in [1.29, 1.82) is 0 Å². The van der Waals surface area contributed by atoms with Gasteiger partial charge in [0, 0.05) is 34.9 Å². The summed E-state index contributed by atoms with van der Waals surface area (Å²) in [6.07, 6.45) is 8.66. The van der Waals surface area contributed by atoms with Crippen LogP contribution in [-0.2, 0) is 19.4 Å². The summed E-state index contributed by atoms with van der Waals surface area (Å²) in [5, 5.41) is 9.37. The fourth-order valence-electron chi connectivity index (χ4n) is 3.24. The number of aromatic nitrogens is 3. The van der Waals surface area contributed by atoms with Crippen molar-refractivity contribution in [2.24, 2.45) is 5.92 Å². The Labute approximate surface area is 150 Å². The molecular weight excluding hydrogens is 332 g/mol. The van der Waals surface area contributed by atoms with Gasteiger partial charge in [0.05, 0.1) is 12.1 Å². The summed E-state index contributed by atoms with van der Waals surface area (Å²) in [6.45, 7) is 2.93. The highest BCUT2D eigenvalue weighted by atomic mass is 32.1. The Morgan fingerprint density at radius 2 is 2.20 bits per heavy atom. The second-order valence-electron chi connectivity index (χ2n) is 6.61. The third-order valence-corrected chi connectivity index (χ3v) is 5.67. The molecule has 0 unspecified atom stereocenters. The topological polar surface area (TPSA) is 59.8 Å². The van der Waals surface area contributed by atoms with Crippen LogP contribution in [0.2, 0.25) is 0 Å². The van der Waals surface area contributed by atoms with E-state index in [-0.39, 0.29) is 5.91 Å². The van der Waals surface area contributed by atoms with E-state index in [1.807, 2.05) is 34.5 Å². The summed E-state index contributed by atoms with van der Waals surface area (Å²) in [4.78, 5) is 18.0. The molecule has 1 aliphatic carbocycles. The number of carbonyl (C=O) groups excluding carboxylic acids is 1. The first-order valence-electron chi connectivity index (χ1n) is 8.52. The molecule has 0 bridgehead atoms. The maximum absolute atomic E-state index is 12.6. The largest absolute Gasteiger partial charge is 0.305 e. The van der Waals surface area contributed by atoms with E-state index in [0.717, 1.165) is 30.4 Å². The van der Waals surface area contributed by atoms with E-state index in [0.29, 0.717) is 18.3 Å². The molecule has 3 heterocycles. The maximum atomic E-state index is 12.6. The Bertz CT molecular complexity index is 884. The van der Waals surface area contributed by atoms with E-state index in [1.165, 1.54) is 10.4 Å². The smallest absolute Gasteiger partial charge is 0.257 e. The molecule has 1 amide bonds. The maximum Gasteiger partial charge on any atom is 0.257 e. The zero-order chi connectivity index (χ0) is 17.2. The first-order chi connectivity index (χ1) is 12.2. The number of nitrogens with one attached hydrogen (secondary N) is 1. The van der Waals surface area contributed by atoms with Gasteiger partial charge in [0.1, 0.15) is 0 Å². The van der Waals surface area contributed by atoms with Gasteiger partial charge in [0.2, 0.25) is 0 Å². The summed E-state index contributed by atoms with van der Waals surface area (Å²) in [5.41, 5.74) is 3.17. The van der Waals surface area contributed by atoms with Crippen LogP contribution >= 0.6 is 11.3 Å². The minimum Gasteiger partial charge on any atom is -0.305 e. The SMILES string of the molecule is C[C@H]1CCc2c(C(=O)Nc3ccn(Cc4ccncc4)n3)csc2C1. The fraction of sp³-hybridized carbons (Fsp3) is 0.316. The van der Waals surface area contributed by atoms with Crippen molar-refractivity contribution in [1.82, 2.24) is 14.8 Å². The minimum absolute atomic E-state index is 0.0544. The number of carbonyl (C=O) groups is 1. The lowest BCUT2D eigenvalue weighted by Gasteiger charge is -2.18. The monoisotopic (exact) mass is 352 g/mol. The average molecular weight is 352 g/mol. The number of anilines is 1.